The third-order valence-electron chi connectivity index (χ3n) is 11.6. The van der Waals surface area contributed by atoms with Crippen molar-refractivity contribution in [2.24, 2.45) is 0 Å². The predicted molar refractivity (Wildman–Crippen MR) is 263 cm³/mol. The first-order valence-electron chi connectivity index (χ1n) is 25.9. The van der Waals surface area contributed by atoms with Crippen LogP contribution in [0.2, 0.25) is 0 Å². The maximum absolute atomic E-state index is 12.9. The number of likely N-dealkylation sites (N-methyl/N-ethyl adjacent to an activating group) is 1. The van der Waals surface area contributed by atoms with Gasteiger partial charge in [-0.05, 0) is 44.9 Å². The van der Waals surface area contributed by atoms with Gasteiger partial charge in [0.15, 0.2) is 0 Å². The summed E-state index contributed by atoms with van der Waals surface area (Å²) in [6, 6.07) is -0.866. The molecule has 0 aliphatic rings. The van der Waals surface area contributed by atoms with Crippen molar-refractivity contribution in [1.82, 2.24) is 5.32 Å². The van der Waals surface area contributed by atoms with E-state index in [4.69, 9.17) is 9.05 Å². The van der Waals surface area contributed by atoms with Crippen molar-refractivity contribution in [1.29, 1.82) is 0 Å². The van der Waals surface area contributed by atoms with E-state index >= 15 is 0 Å². The number of amides is 1. The number of phosphoric acid groups is 1. The van der Waals surface area contributed by atoms with Gasteiger partial charge in [0, 0.05) is 6.42 Å². The summed E-state index contributed by atoms with van der Waals surface area (Å²) in [5, 5.41) is 13.9. The maximum Gasteiger partial charge on any atom is 0.472 e. The molecule has 1 amide bonds. The average Bonchev–Trinajstić information content (AvgIpc) is 3.21. The summed E-state index contributed by atoms with van der Waals surface area (Å²) in [6.45, 7) is 4.80. The van der Waals surface area contributed by atoms with Gasteiger partial charge in [0.1, 0.15) is 13.2 Å². The van der Waals surface area contributed by atoms with Crippen LogP contribution in [-0.4, -0.2) is 73.4 Å². The topological polar surface area (TPSA) is 105 Å². The van der Waals surface area contributed by atoms with Crippen LogP contribution in [0, 0.1) is 0 Å². The summed E-state index contributed by atoms with van der Waals surface area (Å²) in [4.78, 5) is 23.2. The molecule has 0 aromatic carbocycles. The Morgan fingerprint density at radius 3 is 1.31 bits per heavy atom. The Bertz CT molecular complexity index is 1090. The third kappa shape index (κ3) is 46.5. The molecule has 0 aliphatic heterocycles. The second-order valence-corrected chi connectivity index (χ2v) is 20.3. The van der Waals surface area contributed by atoms with Crippen LogP contribution in [0.3, 0.4) is 0 Å². The Balaban J connectivity index is 4.34. The smallest absolute Gasteiger partial charge is 0.387 e. The minimum absolute atomic E-state index is 0.0549. The highest BCUT2D eigenvalue weighted by Crippen LogP contribution is 2.43. The Hall–Kier alpha value is -1.28. The molecule has 0 fully saturated rings. The monoisotopic (exact) mass is 882 g/mol. The number of allylic oxidation sites excluding steroid dienone is 5. The normalized spacial score (nSPS) is 14.4. The lowest BCUT2D eigenvalue weighted by atomic mass is 10.0. The van der Waals surface area contributed by atoms with Crippen molar-refractivity contribution in [3.63, 3.8) is 0 Å². The van der Waals surface area contributed by atoms with Crippen LogP contribution in [-0.2, 0) is 18.4 Å². The Morgan fingerprint density at radius 2 is 0.902 bits per heavy atom. The molecule has 8 nitrogen and oxygen atoms in total. The molecule has 0 rings (SSSR count). The SMILES string of the molecule is CCCCCCCCCC/C=C/CC/C=C/CC/C=C/C(O)C(COP(=O)(O)OCC[N+](C)(C)C)NC(=O)CCCCCCCCCCCCCCCCCCCCCCC. The summed E-state index contributed by atoms with van der Waals surface area (Å²) < 4.78 is 23.6. The van der Waals surface area contributed by atoms with Crippen molar-refractivity contribution in [3.05, 3.63) is 36.5 Å². The third-order valence-corrected chi connectivity index (χ3v) is 12.6. The molecular formula is C52H102N2O6P+. The highest BCUT2D eigenvalue weighted by molar-refractivity contribution is 7.47. The largest absolute Gasteiger partial charge is 0.472 e. The van der Waals surface area contributed by atoms with E-state index in [2.05, 4.69) is 43.5 Å². The molecule has 0 aromatic rings. The van der Waals surface area contributed by atoms with Crippen LogP contribution in [0.5, 0.6) is 0 Å². The van der Waals surface area contributed by atoms with E-state index in [1.807, 2.05) is 27.2 Å². The first kappa shape index (κ1) is 59.7. The van der Waals surface area contributed by atoms with Crippen molar-refractivity contribution in [2.75, 3.05) is 40.9 Å². The van der Waals surface area contributed by atoms with Crippen LogP contribution in [0.4, 0.5) is 0 Å². The molecule has 61 heavy (non-hydrogen) atoms. The van der Waals surface area contributed by atoms with E-state index in [0.717, 1.165) is 44.9 Å². The fourth-order valence-corrected chi connectivity index (χ4v) is 8.22. The summed E-state index contributed by atoms with van der Waals surface area (Å²) >= 11 is 0. The molecule has 3 atom stereocenters. The lowest BCUT2D eigenvalue weighted by Crippen LogP contribution is -2.45. The summed E-state index contributed by atoms with van der Waals surface area (Å²) in [7, 11) is 1.55. The second-order valence-electron chi connectivity index (χ2n) is 18.9. The first-order chi connectivity index (χ1) is 29.5. The number of carbonyl (C=O) groups excluding carboxylic acids is 1. The Labute approximate surface area is 378 Å². The number of nitrogens with zero attached hydrogens (tertiary/aromatic N) is 1. The molecule has 0 saturated carbocycles. The summed E-state index contributed by atoms with van der Waals surface area (Å²) in [5.74, 6) is -0.188. The molecule has 0 spiro atoms. The fourth-order valence-electron chi connectivity index (χ4n) is 7.49. The van der Waals surface area contributed by atoms with E-state index in [1.54, 1.807) is 6.08 Å². The molecule has 3 unspecified atom stereocenters. The minimum atomic E-state index is -4.35. The molecule has 9 heteroatoms. The highest BCUT2D eigenvalue weighted by Gasteiger charge is 2.27. The van der Waals surface area contributed by atoms with Crippen LogP contribution < -0.4 is 5.32 Å². The Morgan fingerprint density at radius 1 is 0.541 bits per heavy atom. The van der Waals surface area contributed by atoms with Crippen molar-refractivity contribution < 1.29 is 32.9 Å². The minimum Gasteiger partial charge on any atom is -0.387 e. The van der Waals surface area contributed by atoms with Crippen LogP contribution in [0.25, 0.3) is 0 Å². The van der Waals surface area contributed by atoms with Crippen LogP contribution in [0.15, 0.2) is 36.5 Å². The molecule has 0 heterocycles. The van der Waals surface area contributed by atoms with Gasteiger partial charge in [-0.15, -0.1) is 0 Å². The number of aliphatic hydroxyl groups is 1. The van der Waals surface area contributed by atoms with E-state index in [-0.39, 0.29) is 19.1 Å². The van der Waals surface area contributed by atoms with Crippen LogP contribution in [0.1, 0.15) is 239 Å². The molecule has 0 aliphatic carbocycles. The number of rotatable bonds is 47. The van der Waals surface area contributed by atoms with Crippen LogP contribution >= 0.6 is 7.82 Å². The van der Waals surface area contributed by atoms with Crippen molar-refractivity contribution in [2.45, 2.75) is 251 Å². The van der Waals surface area contributed by atoms with E-state index in [1.165, 1.54) is 173 Å². The molecule has 0 saturated heterocycles. The zero-order chi connectivity index (χ0) is 45.0. The second kappa shape index (κ2) is 43.9. The number of phosphoric ester groups is 1. The molecule has 0 aromatic heterocycles. The predicted octanol–water partition coefficient (Wildman–Crippen LogP) is 15.0. The first-order valence-corrected chi connectivity index (χ1v) is 27.4. The van der Waals surface area contributed by atoms with Crippen molar-refractivity contribution in [3.8, 4) is 0 Å². The number of unbranched alkanes of at least 4 members (excludes halogenated alkanes) is 30. The molecular weight excluding hydrogens is 780 g/mol. The number of quaternary nitrogens is 1. The quantitative estimate of drug-likeness (QED) is 0.0243. The average molecular weight is 882 g/mol. The fraction of sp³-hybridized carbons (Fsp3) is 0.865. The van der Waals surface area contributed by atoms with Gasteiger partial charge in [0.05, 0.1) is 39.9 Å². The highest BCUT2D eigenvalue weighted by atomic mass is 31.2. The number of carbonyl (C=O) groups is 1. The molecule has 3 N–H and O–H groups in total. The number of nitrogens with one attached hydrogen (secondary N) is 1. The number of hydrogen-bond acceptors (Lipinski definition) is 5. The maximum atomic E-state index is 12.9. The number of hydrogen-bond donors (Lipinski definition) is 3. The van der Waals surface area contributed by atoms with Gasteiger partial charge in [-0.2, -0.15) is 0 Å². The van der Waals surface area contributed by atoms with Gasteiger partial charge < -0.3 is 19.8 Å². The zero-order valence-electron chi connectivity index (χ0n) is 40.9. The molecule has 0 radical (unpaired) electrons. The Kier molecular flexibility index (Phi) is 43.0. The van der Waals surface area contributed by atoms with Crippen molar-refractivity contribution >= 4 is 13.7 Å². The summed E-state index contributed by atoms with van der Waals surface area (Å²) in [5.41, 5.74) is 0. The van der Waals surface area contributed by atoms with Gasteiger partial charge in [-0.1, -0.05) is 224 Å². The van der Waals surface area contributed by atoms with E-state index in [0.29, 0.717) is 17.4 Å². The lowest BCUT2D eigenvalue weighted by Gasteiger charge is -2.25. The molecule has 360 valence electrons. The van der Waals surface area contributed by atoms with Gasteiger partial charge >= 0.3 is 7.82 Å². The van der Waals surface area contributed by atoms with Gasteiger partial charge in [0.2, 0.25) is 5.91 Å². The lowest BCUT2D eigenvalue weighted by molar-refractivity contribution is -0.870. The zero-order valence-corrected chi connectivity index (χ0v) is 41.8. The van der Waals surface area contributed by atoms with Gasteiger partial charge in [-0.3, -0.25) is 13.8 Å². The molecule has 0 bridgehead atoms. The van der Waals surface area contributed by atoms with E-state index in [9.17, 15) is 19.4 Å². The van der Waals surface area contributed by atoms with Gasteiger partial charge in [0.25, 0.3) is 0 Å². The van der Waals surface area contributed by atoms with E-state index < -0.39 is 20.0 Å². The number of aliphatic hydroxyl groups excluding tert-OH is 1. The summed E-state index contributed by atoms with van der Waals surface area (Å²) in [6.07, 6.45) is 55.1. The van der Waals surface area contributed by atoms with Gasteiger partial charge in [-0.25, -0.2) is 4.57 Å². The standard InChI is InChI=1S/C52H101N2O6P/c1-6-8-10-12-14-16-18-20-22-24-26-27-28-30-32-34-36-38-40-42-44-46-52(56)53-50(49-60-61(57,58)59-48-47-54(3,4)5)51(55)45-43-41-39-37-35-33-31-29-25-23-21-19-17-15-13-11-9-7-2/h25,29,35,37,43,45,50-51,55H,6-24,26-28,30-34,36,38-42,44,46-49H2,1-5H3,(H-,53,56,57,58)/p+1/b29-25+,37-35+,45-43+.